The summed E-state index contributed by atoms with van der Waals surface area (Å²) in [6, 6.07) is 13.6. The molecule has 0 aliphatic carbocycles. The van der Waals surface area contributed by atoms with Crippen LogP contribution in [-0.2, 0) is 10.0 Å². The van der Waals surface area contributed by atoms with Crippen molar-refractivity contribution in [2.24, 2.45) is 5.92 Å². The molecule has 0 spiro atoms. The molecular weight excluding hydrogens is 400 g/mol. The summed E-state index contributed by atoms with van der Waals surface area (Å²) in [5.41, 5.74) is 1.36. The number of para-hydroxylation sites is 1. The number of benzene rings is 2. The topological polar surface area (TPSA) is 66.9 Å². The van der Waals surface area contributed by atoms with Crippen molar-refractivity contribution in [2.75, 3.05) is 27.2 Å². The SMILES string of the molecule is COc1ccccc1[C@H](C)N(C)C(=O)c1ccc(S(=O)(=O)N2CCC(C)CC2)cc1. The lowest BCUT2D eigenvalue weighted by Gasteiger charge is -2.29. The van der Waals surface area contributed by atoms with Crippen molar-refractivity contribution in [3.05, 3.63) is 59.7 Å². The quantitative estimate of drug-likeness (QED) is 0.696. The zero-order chi connectivity index (χ0) is 21.9. The predicted octanol–water partition coefficient (Wildman–Crippen LogP) is 3.95. The van der Waals surface area contributed by atoms with Gasteiger partial charge in [-0.2, -0.15) is 4.31 Å². The number of piperidine rings is 1. The third-order valence-corrected chi connectivity index (χ3v) is 7.88. The molecule has 1 atom stereocenters. The summed E-state index contributed by atoms with van der Waals surface area (Å²) in [5.74, 6) is 1.10. The fraction of sp³-hybridized carbons (Fsp3) is 0.435. The van der Waals surface area contributed by atoms with E-state index in [4.69, 9.17) is 4.74 Å². The fourth-order valence-electron chi connectivity index (χ4n) is 3.74. The summed E-state index contributed by atoms with van der Waals surface area (Å²) in [7, 11) is -0.183. The predicted molar refractivity (Wildman–Crippen MR) is 117 cm³/mol. The summed E-state index contributed by atoms with van der Waals surface area (Å²) in [6.45, 7) is 5.17. The Morgan fingerprint density at radius 3 is 2.30 bits per heavy atom. The first-order valence-corrected chi connectivity index (χ1v) is 11.7. The molecule has 30 heavy (non-hydrogen) atoms. The second-order valence-corrected chi connectivity index (χ2v) is 9.88. The third kappa shape index (κ3) is 4.52. The van der Waals surface area contributed by atoms with E-state index in [0.29, 0.717) is 24.6 Å². The van der Waals surface area contributed by atoms with E-state index in [9.17, 15) is 13.2 Å². The lowest BCUT2D eigenvalue weighted by atomic mass is 10.0. The van der Waals surface area contributed by atoms with Crippen molar-refractivity contribution >= 4 is 15.9 Å². The lowest BCUT2D eigenvalue weighted by Crippen LogP contribution is -2.37. The molecule has 1 saturated heterocycles. The van der Waals surface area contributed by atoms with Crippen LogP contribution in [0.15, 0.2) is 53.4 Å². The zero-order valence-corrected chi connectivity index (χ0v) is 18.9. The van der Waals surface area contributed by atoms with E-state index in [1.807, 2.05) is 31.2 Å². The Morgan fingerprint density at radius 1 is 1.10 bits per heavy atom. The number of sulfonamides is 1. The molecule has 0 bridgehead atoms. The molecular formula is C23H30N2O4S. The maximum absolute atomic E-state index is 13.0. The highest BCUT2D eigenvalue weighted by molar-refractivity contribution is 7.89. The summed E-state index contributed by atoms with van der Waals surface area (Å²) in [4.78, 5) is 14.8. The molecule has 0 N–H and O–H groups in total. The second-order valence-electron chi connectivity index (χ2n) is 7.94. The van der Waals surface area contributed by atoms with Crippen LogP contribution >= 0.6 is 0 Å². The summed E-state index contributed by atoms with van der Waals surface area (Å²) >= 11 is 0. The van der Waals surface area contributed by atoms with Crippen LogP contribution < -0.4 is 4.74 Å². The Kier molecular flexibility index (Phi) is 6.83. The van der Waals surface area contributed by atoms with Crippen molar-refractivity contribution in [1.29, 1.82) is 0 Å². The molecule has 0 radical (unpaired) electrons. The minimum Gasteiger partial charge on any atom is -0.496 e. The van der Waals surface area contributed by atoms with Gasteiger partial charge in [-0.3, -0.25) is 4.79 Å². The number of hydrogen-bond acceptors (Lipinski definition) is 4. The Morgan fingerprint density at radius 2 is 1.70 bits per heavy atom. The molecule has 0 unspecified atom stereocenters. The van der Waals surface area contributed by atoms with E-state index in [2.05, 4.69) is 6.92 Å². The smallest absolute Gasteiger partial charge is 0.254 e. The highest BCUT2D eigenvalue weighted by Crippen LogP contribution is 2.29. The number of ether oxygens (including phenoxy) is 1. The molecule has 1 aliphatic heterocycles. The summed E-state index contributed by atoms with van der Waals surface area (Å²) in [5, 5.41) is 0. The molecule has 3 rings (SSSR count). The van der Waals surface area contributed by atoms with Gasteiger partial charge in [-0.1, -0.05) is 25.1 Å². The Hall–Kier alpha value is -2.38. The van der Waals surface area contributed by atoms with E-state index in [1.165, 1.54) is 12.1 Å². The number of carbonyl (C=O) groups excluding carboxylic acids is 1. The van der Waals surface area contributed by atoms with Gasteiger partial charge in [0.15, 0.2) is 0 Å². The van der Waals surface area contributed by atoms with Crippen LogP contribution in [0.4, 0.5) is 0 Å². The molecule has 1 aliphatic rings. The average molecular weight is 431 g/mol. The van der Waals surface area contributed by atoms with Gasteiger partial charge in [0.05, 0.1) is 18.0 Å². The first-order valence-electron chi connectivity index (χ1n) is 10.3. The van der Waals surface area contributed by atoms with Crippen molar-refractivity contribution in [1.82, 2.24) is 9.21 Å². The number of nitrogens with zero attached hydrogens (tertiary/aromatic N) is 2. The minimum absolute atomic E-state index is 0.177. The molecule has 2 aromatic carbocycles. The number of hydrogen-bond donors (Lipinski definition) is 0. The Labute approximate surface area is 179 Å². The first-order chi connectivity index (χ1) is 14.3. The van der Waals surface area contributed by atoms with Gasteiger partial charge >= 0.3 is 0 Å². The van der Waals surface area contributed by atoms with E-state index >= 15 is 0 Å². The van der Waals surface area contributed by atoms with Crippen LogP contribution in [0, 0.1) is 5.92 Å². The summed E-state index contributed by atoms with van der Waals surface area (Å²) < 4.78 is 32.7. The van der Waals surface area contributed by atoms with Gasteiger partial charge in [0, 0.05) is 31.3 Å². The van der Waals surface area contributed by atoms with Gasteiger partial charge in [0.1, 0.15) is 5.75 Å². The van der Waals surface area contributed by atoms with Crippen LogP contribution in [0.5, 0.6) is 5.75 Å². The monoisotopic (exact) mass is 430 g/mol. The number of carbonyl (C=O) groups is 1. The van der Waals surface area contributed by atoms with E-state index in [0.717, 1.165) is 24.2 Å². The molecule has 0 saturated carbocycles. The van der Waals surface area contributed by atoms with E-state index in [-0.39, 0.29) is 16.8 Å². The van der Waals surface area contributed by atoms with Crippen molar-refractivity contribution in [2.45, 2.75) is 37.6 Å². The van der Waals surface area contributed by atoms with Crippen LogP contribution in [0.2, 0.25) is 0 Å². The largest absolute Gasteiger partial charge is 0.496 e. The van der Waals surface area contributed by atoms with Crippen molar-refractivity contribution in [3.8, 4) is 5.75 Å². The number of methoxy groups -OCH3 is 1. The van der Waals surface area contributed by atoms with Gasteiger partial charge in [0.2, 0.25) is 10.0 Å². The van der Waals surface area contributed by atoms with Gasteiger partial charge in [-0.15, -0.1) is 0 Å². The van der Waals surface area contributed by atoms with Crippen molar-refractivity contribution in [3.63, 3.8) is 0 Å². The fourth-order valence-corrected chi connectivity index (χ4v) is 5.21. The maximum atomic E-state index is 13.0. The van der Waals surface area contributed by atoms with Gasteiger partial charge < -0.3 is 9.64 Å². The molecule has 162 valence electrons. The van der Waals surface area contributed by atoms with Gasteiger partial charge in [0.25, 0.3) is 5.91 Å². The highest BCUT2D eigenvalue weighted by Gasteiger charge is 2.28. The molecule has 7 heteroatoms. The standard InChI is InChI=1S/C23H30N2O4S/c1-17-13-15-25(16-14-17)30(27,28)20-11-9-19(10-12-20)23(26)24(3)18(2)21-7-5-6-8-22(21)29-4/h5-12,17-18H,13-16H2,1-4H3/t18-/m0/s1. The summed E-state index contributed by atoms with van der Waals surface area (Å²) in [6.07, 6.45) is 1.75. The van der Waals surface area contributed by atoms with Crippen LogP contribution in [0.3, 0.4) is 0 Å². The first kappa shape index (κ1) is 22.3. The molecule has 2 aromatic rings. The van der Waals surface area contributed by atoms with Crippen LogP contribution in [0.25, 0.3) is 0 Å². The highest BCUT2D eigenvalue weighted by atomic mass is 32.2. The van der Waals surface area contributed by atoms with Gasteiger partial charge in [-0.05, 0) is 56.0 Å². The van der Waals surface area contributed by atoms with E-state index < -0.39 is 10.0 Å². The van der Waals surface area contributed by atoms with Crippen molar-refractivity contribution < 1.29 is 17.9 Å². The molecule has 1 amide bonds. The second kappa shape index (κ2) is 9.18. The lowest BCUT2D eigenvalue weighted by molar-refractivity contribution is 0.0741. The molecule has 6 nitrogen and oxygen atoms in total. The molecule has 1 fully saturated rings. The maximum Gasteiger partial charge on any atom is 0.254 e. The molecule has 1 heterocycles. The third-order valence-electron chi connectivity index (χ3n) is 5.97. The van der Waals surface area contributed by atoms with Crippen LogP contribution in [0.1, 0.15) is 48.7 Å². The number of amides is 1. The van der Waals surface area contributed by atoms with E-state index in [1.54, 1.807) is 35.5 Å². The van der Waals surface area contributed by atoms with Crippen LogP contribution in [-0.4, -0.2) is 50.8 Å². The normalized spacial score (nSPS) is 16.8. The minimum atomic E-state index is -3.52. The average Bonchev–Trinajstić information content (AvgIpc) is 2.78. The number of rotatable bonds is 6. The zero-order valence-electron chi connectivity index (χ0n) is 18.0. The molecule has 0 aromatic heterocycles. The Balaban J connectivity index is 1.76. The Bertz CT molecular complexity index is 981. The van der Waals surface area contributed by atoms with Gasteiger partial charge in [-0.25, -0.2) is 8.42 Å².